The predicted octanol–water partition coefficient (Wildman–Crippen LogP) is 3.23. The molecule has 1 amide bonds. The summed E-state index contributed by atoms with van der Waals surface area (Å²) in [5.41, 5.74) is 7.93. The topological polar surface area (TPSA) is 58.8 Å². The molecule has 0 spiro atoms. The maximum absolute atomic E-state index is 12.3. The van der Waals surface area contributed by atoms with Crippen LogP contribution in [0.25, 0.3) is 0 Å². The van der Waals surface area contributed by atoms with Crippen molar-refractivity contribution >= 4 is 36.4 Å². The lowest BCUT2D eigenvalue weighted by Crippen LogP contribution is -2.37. The van der Waals surface area contributed by atoms with Crippen LogP contribution in [0, 0.1) is 0 Å². The molecule has 2 rings (SSSR count). The van der Waals surface area contributed by atoms with E-state index in [0.29, 0.717) is 13.0 Å². The van der Waals surface area contributed by atoms with Gasteiger partial charge in [-0.1, -0.05) is 31.0 Å². The summed E-state index contributed by atoms with van der Waals surface area (Å²) in [6.45, 7) is 4.77. The number of rotatable bonds is 9. The Labute approximate surface area is 170 Å². The maximum Gasteiger partial charge on any atom is 0.222 e. The molecule has 1 heterocycles. The lowest BCUT2D eigenvalue weighted by Gasteiger charge is -2.31. The minimum atomic E-state index is 0. The van der Waals surface area contributed by atoms with E-state index < -0.39 is 0 Å². The summed E-state index contributed by atoms with van der Waals surface area (Å²) in [6.07, 6.45) is 4.83. The number of morpholine rings is 1. The third-order valence-electron chi connectivity index (χ3n) is 4.52. The number of amides is 1. The monoisotopic (exact) mass is 405 g/mol. The maximum atomic E-state index is 12.3. The summed E-state index contributed by atoms with van der Waals surface area (Å²) in [5.74, 6) is 0.222. The third kappa shape index (κ3) is 8.12. The molecule has 1 aromatic rings. The number of unbranched alkanes of at least 4 members (excludes halogenated alkanes) is 3. The second-order valence-corrected chi connectivity index (χ2v) is 6.43. The number of anilines is 1. The highest BCUT2D eigenvalue weighted by molar-refractivity contribution is 5.85. The number of carbonyl (C=O) groups is 1. The Morgan fingerprint density at radius 2 is 1.77 bits per heavy atom. The molecule has 1 aliphatic heterocycles. The molecular formula is C19H33Cl2N3O2. The van der Waals surface area contributed by atoms with E-state index in [1.54, 1.807) is 0 Å². The Balaban J connectivity index is 0.00000312. The molecule has 0 atom stereocenters. The molecule has 0 saturated carbocycles. The summed E-state index contributed by atoms with van der Waals surface area (Å²) in [4.78, 5) is 16.5. The molecule has 0 aromatic heterocycles. The zero-order chi connectivity index (χ0) is 17.2. The number of hydrogen-bond acceptors (Lipinski definition) is 4. The Bertz CT molecular complexity index is 511. The fourth-order valence-corrected chi connectivity index (χ4v) is 3.07. The van der Waals surface area contributed by atoms with Gasteiger partial charge in [-0.15, -0.1) is 24.8 Å². The summed E-state index contributed by atoms with van der Waals surface area (Å²) in [5, 5.41) is 0. The van der Waals surface area contributed by atoms with Crippen molar-refractivity contribution in [3.05, 3.63) is 29.8 Å². The van der Waals surface area contributed by atoms with Crippen LogP contribution in [0.3, 0.4) is 0 Å². The third-order valence-corrected chi connectivity index (χ3v) is 4.52. The van der Waals surface area contributed by atoms with Gasteiger partial charge in [0, 0.05) is 38.8 Å². The Hall–Kier alpha value is -1.01. The average Bonchev–Trinajstić information content (AvgIpc) is 2.62. The zero-order valence-electron chi connectivity index (χ0n) is 15.7. The molecule has 0 unspecified atom stereocenters. The standard InChI is InChI=1S/C19H31N3O2.2ClH/c1-21(19(23)10-4-2-3-7-11-20)16-17-8-5-6-9-18(17)22-12-14-24-15-13-22;;/h5-6,8-9H,2-4,7,10-16,20H2,1H3;2*1H. The first-order valence-corrected chi connectivity index (χ1v) is 9.07. The van der Waals surface area contributed by atoms with Crippen LogP contribution < -0.4 is 10.6 Å². The molecule has 1 fully saturated rings. The minimum absolute atomic E-state index is 0. The van der Waals surface area contributed by atoms with Gasteiger partial charge < -0.3 is 20.3 Å². The van der Waals surface area contributed by atoms with Gasteiger partial charge in [0.15, 0.2) is 0 Å². The summed E-state index contributed by atoms with van der Waals surface area (Å²) >= 11 is 0. The molecule has 1 aliphatic rings. The van der Waals surface area contributed by atoms with Crippen molar-refractivity contribution in [3.8, 4) is 0 Å². The summed E-state index contributed by atoms with van der Waals surface area (Å²) in [7, 11) is 1.90. The first-order valence-electron chi connectivity index (χ1n) is 9.07. The molecule has 150 valence electrons. The number of ether oxygens (including phenoxy) is 1. The largest absolute Gasteiger partial charge is 0.378 e. The van der Waals surface area contributed by atoms with Crippen LogP contribution in [0.15, 0.2) is 24.3 Å². The summed E-state index contributed by atoms with van der Waals surface area (Å²) in [6, 6.07) is 8.37. The van der Waals surface area contributed by atoms with Crippen molar-refractivity contribution < 1.29 is 9.53 Å². The van der Waals surface area contributed by atoms with Crippen molar-refractivity contribution in [3.63, 3.8) is 0 Å². The number of para-hydroxylation sites is 1. The van der Waals surface area contributed by atoms with E-state index in [9.17, 15) is 4.79 Å². The van der Waals surface area contributed by atoms with Crippen molar-refractivity contribution in [1.29, 1.82) is 0 Å². The van der Waals surface area contributed by atoms with Gasteiger partial charge >= 0.3 is 0 Å². The molecule has 0 radical (unpaired) electrons. The quantitative estimate of drug-likeness (QED) is 0.640. The number of hydrogen-bond donors (Lipinski definition) is 1. The fourth-order valence-electron chi connectivity index (χ4n) is 3.07. The highest BCUT2D eigenvalue weighted by atomic mass is 35.5. The molecule has 1 saturated heterocycles. The van der Waals surface area contributed by atoms with Crippen molar-refractivity contribution in [2.24, 2.45) is 5.73 Å². The van der Waals surface area contributed by atoms with E-state index >= 15 is 0 Å². The Morgan fingerprint density at radius 3 is 2.46 bits per heavy atom. The van der Waals surface area contributed by atoms with Gasteiger partial charge in [0.05, 0.1) is 13.2 Å². The Kier molecular flexibility index (Phi) is 13.6. The van der Waals surface area contributed by atoms with Crippen molar-refractivity contribution in [2.45, 2.75) is 38.6 Å². The van der Waals surface area contributed by atoms with E-state index in [1.165, 1.54) is 11.3 Å². The van der Waals surface area contributed by atoms with Gasteiger partial charge in [0.25, 0.3) is 0 Å². The van der Waals surface area contributed by atoms with Crippen LogP contribution in [-0.2, 0) is 16.1 Å². The van der Waals surface area contributed by atoms with E-state index in [1.807, 2.05) is 18.0 Å². The molecule has 26 heavy (non-hydrogen) atoms. The van der Waals surface area contributed by atoms with Crippen LogP contribution >= 0.6 is 24.8 Å². The van der Waals surface area contributed by atoms with E-state index in [0.717, 1.165) is 58.5 Å². The van der Waals surface area contributed by atoms with Crippen molar-refractivity contribution in [1.82, 2.24) is 4.90 Å². The Morgan fingerprint density at radius 1 is 1.12 bits per heavy atom. The predicted molar refractivity (Wildman–Crippen MR) is 113 cm³/mol. The average molecular weight is 406 g/mol. The molecule has 5 nitrogen and oxygen atoms in total. The number of benzene rings is 1. The highest BCUT2D eigenvalue weighted by Gasteiger charge is 2.16. The van der Waals surface area contributed by atoms with Gasteiger partial charge in [-0.05, 0) is 31.0 Å². The van der Waals surface area contributed by atoms with Gasteiger partial charge in [0.1, 0.15) is 0 Å². The SMILES string of the molecule is CN(Cc1ccccc1N1CCOCC1)C(=O)CCCCCCN.Cl.Cl. The van der Waals surface area contributed by atoms with Crippen LogP contribution in [0.1, 0.15) is 37.7 Å². The molecule has 0 aliphatic carbocycles. The second-order valence-electron chi connectivity index (χ2n) is 6.43. The van der Waals surface area contributed by atoms with Crippen LogP contribution in [0.2, 0.25) is 0 Å². The lowest BCUT2D eigenvalue weighted by molar-refractivity contribution is -0.130. The lowest BCUT2D eigenvalue weighted by atomic mass is 10.1. The first-order chi connectivity index (χ1) is 11.7. The molecule has 7 heteroatoms. The van der Waals surface area contributed by atoms with Crippen LogP contribution in [-0.4, -0.2) is 50.7 Å². The number of halogens is 2. The molecular weight excluding hydrogens is 373 g/mol. The smallest absolute Gasteiger partial charge is 0.222 e. The first kappa shape index (κ1) is 25.0. The second kappa shape index (κ2) is 14.1. The summed E-state index contributed by atoms with van der Waals surface area (Å²) < 4.78 is 5.44. The zero-order valence-corrected chi connectivity index (χ0v) is 17.3. The van der Waals surface area contributed by atoms with Gasteiger partial charge in [-0.25, -0.2) is 0 Å². The van der Waals surface area contributed by atoms with E-state index in [-0.39, 0.29) is 30.7 Å². The number of nitrogens with two attached hydrogens (primary N) is 1. The molecule has 2 N–H and O–H groups in total. The van der Waals surface area contributed by atoms with Gasteiger partial charge in [0.2, 0.25) is 5.91 Å². The minimum Gasteiger partial charge on any atom is -0.378 e. The molecule has 1 aromatic carbocycles. The highest BCUT2D eigenvalue weighted by Crippen LogP contribution is 2.23. The van der Waals surface area contributed by atoms with Crippen molar-refractivity contribution in [2.75, 3.05) is 44.8 Å². The molecule has 0 bridgehead atoms. The van der Waals surface area contributed by atoms with Gasteiger partial charge in [-0.3, -0.25) is 4.79 Å². The number of carbonyl (C=O) groups excluding carboxylic acids is 1. The van der Waals surface area contributed by atoms with E-state index in [2.05, 4.69) is 23.1 Å². The van der Waals surface area contributed by atoms with E-state index in [4.69, 9.17) is 10.5 Å². The van der Waals surface area contributed by atoms with Crippen LogP contribution in [0.4, 0.5) is 5.69 Å². The number of nitrogens with zero attached hydrogens (tertiary/aromatic N) is 2. The fraction of sp³-hybridized carbons (Fsp3) is 0.632. The van der Waals surface area contributed by atoms with Crippen LogP contribution in [0.5, 0.6) is 0 Å². The van der Waals surface area contributed by atoms with Gasteiger partial charge in [-0.2, -0.15) is 0 Å². The normalized spacial score (nSPS) is 13.5.